The predicted molar refractivity (Wildman–Crippen MR) is 112 cm³/mol. The van der Waals surface area contributed by atoms with Crippen molar-refractivity contribution in [2.45, 2.75) is 62.7 Å². The third-order valence-corrected chi connectivity index (χ3v) is 8.08. The Bertz CT molecular complexity index is 1240. The molecule has 1 amide bonds. The molecule has 3 N–H and O–H groups in total. The number of fused-ring (bicyclic) bond motifs is 1. The molecule has 0 aliphatic heterocycles. The Morgan fingerprint density at radius 1 is 1.30 bits per heavy atom. The molecule has 3 aliphatic rings. The van der Waals surface area contributed by atoms with Gasteiger partial charge in [-0.2, -0.15) is 18.3 Å². The van der Waals surface area contributed by atoms with Gasteiger partial charge in [0.1, 0.15) is 11.3 Å². The number of carbonyl (C=O) groups is 1. The second-order valence-corrected chi connectivity index (χ2v) is 11.2. The second kappa shape index (κ2) is 7.26. The number of rotatable bonds is 6. The van der Waals surface area contributed by atoms with Crippen LogP contribution in [0.15, 0.2) is 23.4 Å². The molecule has 3 aliphatic carbocycles. The van der Waals surface area contributed by atoms with Crippen LogP contribution in [0, 0.1) is 17.3 Å². The highest BCUT2D eigenvalue weighted by Gasteiger charge is 2.56. The minimum absolute atomic E-state index is 0.0261. The number of nitrogens with two attached hydrogens (primary N) is 1. The van der Waals surface area contributed by atoms with Crippen molar-refractivity contribution in [3.63, 3.8) is 0 Å². The number of anilines is 1. The number of halogens is 3. The van der Waals surface area contributed by atoms with Crippen LogP contribution in [0.1, 0.15) is 66.7 Å². The first kappa shape index (κ1) is 22.3. The molecule has 2 aromatic heterocycles. The standard InChI is InChI=1S/C21H24F3N5O3S/c1-20(9-12-4-5-14(12)20)10-29-18(16(21(22,23)24)17(28-29)11-2-3-11)19(30)27-13-6-7-26-15(8-13)33(25,31)32/h6-8,11-12,14H,2-5,9-10H2,1H3,(H2,25,31,32)(H,26,27,30). The predicted octanol–water partition coefficient (Wildman–Crippen LogP) is 3.51. The van der Waals surface area contributed by atoms with Gasteiger partial charge < -0.3 is 5.32 Å². The average molecular weight is 484 g/mol. The molecule has 0 bridgehead atoms. The lowest BCUT2D eigenvalue weighted by molar-refractivity contribution is -0.138. The van der Waals surface area contributed by atoms with Gasteiger partial charge in [0.15, 0.2) is 5.03 Å². The minimum atomic E-state index is -4.76. The van der Waals surface area contributed by atoms with Gasteiger partial charge in [0, 0.05) is 30.4 Å². The molecule has 8 nitrogen and oxygen atoms in total. The fourth-order valence-electron chi connectivity index (χ4n) is 5.43. The van der Waals surface area contributed by atoms with Crippen molar-refractivity contribution in [1.29, 1.82) is 0 Å². The first-order valence-electron chi connectivity index (χ1n) is 10.8. The van der Waals surface area contributed by atoms with Crippen molar-refractivity contribution in [2.24, 2.45) is 22.4 Å². The van der Waals surface area contributed by atoms with Gasteiger partial charge in [-0.25, -0.2) is 18.5 Å². The summed E-state index contributed by atoms with van der Waals surface area (Å²) in [5.41, 5.74) is -1.85. The molecule has 2 aromatic rings. The minimum Gasteiger partial charge on any atom is -0.320 e. The zero-order chi connectivity index (χ0) is 23.8. The topological polar surface area (TPSA) is 120 Å². The van der Waals surface area contributed by atoms with Gasteiger partial charge in [0.2, 0.25) is 0 Å². The molecule has 178 valence electrons. The van der Waals surface area contributed by atoms with Crippen molar-refractivity contribution >= 4 is 21.6 Å². The molecule has 3 fully saturated rings. The Morgan fingerprint density at radius 3 is 2.55 bits per heavy atom. The lowest BCUT2D eigenvalue weighted by Crippen LogP contribution is -2.54. The molecule has 0 saturated heterocycles. The van der Waals surface area contributed by atoms with Gasteiger partial charge in [-0.1, -0.05) is 6.92 Å². The number of nitrogens with one attached hydrogen (secondary N) is 1. The maximum absolute atomic E-state index is 14.2. The van der Waals surface area contributed by atoms with Crippen LogP contribution in [0.3, 0.4) is 0 Å². The molecule has 3 unspecified atom stereocenters. The largest absolute Gasteiger partial charge is 0.420 e. The Hall–Kier alpha value is -2.47. The van der Waals surface area contributed by atoms with E-state index < -0.39 is 38.4 Å². The van der Waals surface area contributed by atoms with Crippen molar-refractivity contribution in [3.8, 4) is 0 Å². The van der Waals surface area contributed by atoms with E-state index in [1.165, 1.54) is 10.7 Å². The molecule has 12 heteroatoms. The van der Waals surface area contributed by atoms with Crippen molar-refractivity contribution in [2.75, 3.05) is 5.32 Å². The van der Waals surface area contributed by atoms with Crippen molar-refractivity contribution in [1.82, 2.24) is 14.8 Å². The Labute approximate surface area is 188 Å². The van der Waals surface area contributed by atoms with Crippen LogP contribution in [0.25, 0.3) is 0 Å². The number of nitrogens with zero attached hydrogens (tertiary/aromatic N) is 3. The van der Waals surface area contributed by atoms with E-state index in [-0.39, 0.29) is 29.3 Å². The summed E-state index contributed by atoms with van der Waals surface area (Å²) in [6.07, 6.45) is 0.643. The number of amides is 1. The van der Waals surface area contributed by atoms with Gasteiger partial charge >= 0.3 is 6.18 Å². The van der Waals surface area contributed by atoms with E-state index >= 15 is 0 Å². The Balaban J connectivity index is 1.54. The lowest BCUT2D eigenvalue weighted by Gasteiger charge is -2.60. The van der Waals surface area contributed by atoms with Crippen molar-refractivity contribution in [3.05, 3.63) is 35.3 Å². The van der Waals surface area contributed by atoms with Crippen LogP contribution < -0.4 is 10.5 Å². The number of alkyl halides is 3. The first-order valence-corrected chi connectivity index (χ1v) is 12.4. The van der Waals surface area contributed by atoms with Gasteiger partial charge in [0.25, 0.3) is 15.9 Å². The van der Waals surface area contributed by atoms with E-state index in [2.05, 4.69) is 15.4 Å². The van der Waals surface area contributed by atoms with Gasteiger partial charge in [-0.3, -0.25) is 9.48 Å². The van der Waals surface area contributed by atoms with E-state index in [1.807, 2.05) is 6.92 Å². The number of hydrogen-bond acceptors (Lipinski definition) is 5. The Kier molecular flexibility index (Phi) is 4.91. The van der Waals surface area contributed by atoms with Crippen LogP contribution >= 0.6 is 0 Å². The quantitative estimate of drug-likeness (QED) is 0.652. The summed E-state index contributed by atoms with van der Waals surface area (Å²) in [6, 6.07) is 2.30. The maximum Gasteiger partial charge on any atom is 0.420 e. The maximum atomic E-state index is 14.2. The Morgan fingerprint density at radius 2 is 2.03 bits per heavy atom. The summed E-state index contributed by atoms with van der Waals surface area (Å²) in [4.78, 5) is 16.8. The molecule has 3 atom stereocenters. The highest BCUT2D eigenvalue weighted by atomic mass is 32.2. The number of carbonyl (C=O) groups excluding carboxylic acids is 1. The van der Waals surface area contributed by atoms with Gasteiger partial charge in [-0.05, 0) is 55.4 Å². The molecule has 0 radical (unpaired) electrons. The number of hydrogen-bond donors (Lipinski definition) is 2. The highest BCUT2D eigenvalue weighted by Crippen LogP contribution is 2.62. The molecule has 2 heterocycles. The third kappa shape index (κ3) is 3.92. The van der Waals surface area contributed by atoms with Crippen LogP contribution in [0.4, 0.5) is 18.9 Å². The van der Waals surface area contributed by atoms with Crippen LogP contribution in [0.2, 0.25) is 0 Å². The zero-order valence-corrected chi connectivity index (χ0v) is 18.7. The second-order valence-electron chi connectivity index (χ2n) is 9.72. The molecule has 0 aromatic carbocycles. The number of primary sulfonamides is 1. The summed E-state index contributed by atoms with van der Waals surface area (Å²) in [5, 5.41) is 11.3. The molecule has 5 rings (SSSR count). The summed E-state index contributed by atoms with van der Waals surface area (Å²) < 4.78 is 66.9. The van der Waals surface area contributed by atoms with E-state index in [1.54, 1.807) is 0 Å². The number of pyridine rings is 1. The number of sulfonamides is 1. The molecular weight excluding hydrogens is 459 g/mol. The summed E-state index contributed by atoms with van der Waals surface area (Å²) in [5.74, 6) is -0.258. The molecule has 0 spiro atoms. The van der Waals surface area contributed by atoms with Crippen LogP contribution in [-0.2, 0) is 22.7 Å². The first-order chi connectivity index (χ1) is 15.4. The van der Waals surface area contributed by atoms with Gasteiger partial charge in [-0.15, -0.1) is 0 Å². The van der Waals surface area contributed by atoms with E-state index in [0.29, 0.717) is 24.7 Å². The highest BCUT2D eigenvalue weighted by molar-refractivity contribution is 7.89. The zero-order valence-electron chi connectivity index (χ0n) is 17.9. The smallest absolute Gasteiger partial charge is 0.320 e. The number of aromatic nitrogens is 3. The molecule has 3 saturated carbocycles. The third-order valence-electron chi connectivity index (χ3n) is 7.28. The van der Waals surface area contributed by atoms with E-state index in [0.717, 1.165) is 31.5 Å². The lowest BCUT2D eigenvalue weighted by atomic mass is 9.45. The molecular formula is C21H24F3N5O3S. The van der Waals surface area contributed by atoms with E-state index in [4.69, 9.17) is 5.14 Å². The molecule has 33 heavy (non-hydrogen) atoms. The normalized spacial score (nSPS) is 26.8. The summed E-state index contributed by atoms with van der Waals surface area (Å²) in [7, 11) is -4.15. The van der Waals surface area contributed by atoms with Crippen LogP contribution in [0.5, 0.6) is 0 Å². The van der Waals surface area contributed by atoms with E-state index in [9.17, 15) is 26.4 Å². The SMILES string of the molecule is CC1(Cn2nc(C3CC3)c(C(F)(F)F)c2C(=O)Nc2ccnc(S(N)(=O)=O)c2)CC2CCC21. The fraction of sp³-hybridized carbons (Fsp3) is 0.571. The van der Waals surface area contributed by atoms with Gasteiger partial charge in [0.05, 0.1) is 5.69 Å². The van der Waals surface area contributed by atoms with Crippen LogP contribution in [-0.4, -0.2) is 29.1 Å². The average Bonchev–Trinajstić information content (AvgIpc) is 3.45. The summed E-state index contributed by atoms with van der Waals surface area (Å²) >= 11 is 0. The van der Waals surface area contributed by atoms with Crippen molar-refractivity contribution < 1.29 is 26.4 Å². The summed E-state index contributed by atoms with van der Waals surface area (Å²) in [6.45, 7) is 2.27. The fourth-order valence-corrected chi connectivity index (χ4v) is 5.92. The monoisotopic (exact) mass is 483 g/mol.